The third kappa shape index (κ3) is 2.64. The molecule has 18 heavy (non-hydrogen) atoms. The summed E-state index contributed by atoms with van der Waals surface area (Å²) in [5, 5.41) is 0.593. The second-order valence-corrected chi connectivity index (χ2v) is 4.46. The molecule has 1 aromatic carbocycles. The van der Waals surface area contributed by atoms with Gasteiger partial charge in [-0.15, -0.1) is 0 Å². The topological polar surface area (TPSA) is 52.6 Å². The Bertz CT molecular complexity index is 455. The standard InChI is InChI=1S/C13H13ClO4/c1-2-17-13(16)10-7-11(15)18-12(10)8-3-5-9(14)6-4-8/h3-6,10,12H,2,7H2,1H3/t10-,12+/m1/s1. The third-order valence-corrected chi connectivity index (χ3v) is 3.05. The van der Waals surface area contributed by atoms with Gasteiger partial charge in [0.2, 0.25) is 0 Å². The lowest BCUT2D eigenvalue weighted by Gasteiger charge is -2.16. The maximum absolute atomic E-state index is 11.8. The van der Waals surface area contributed by atoms with E-state index in [0.29, 0.717) is 5.02 Å². The van der Waals surface area contributed by atoms with E-state index in [1.807, 2.05) is 0 Å². The molecule has 96 valence electrons. The molecular weight excluding hydrogens is 256 g/mol. The van der Waals surface area contributed by atoms with Crippen molar-refractivity contribution in [3.63, 3.8) is 0 Å². The SMILES string of the molecule is CCOC(=O)[C@@H]1CC(=O)O[C@H]1c1ccc(Cl)cc1. The van der Waals surface area contributed by atoms with Gasteiger partial charge in [0.1, 0.15) is 12.0 Å². The third-order valence-electron chi connectivity index (χ3n) is 2.80. The van der Waals surface area contributed by atoms with Crippen LogP contribution < -0.4 is 0 Å². The molecule has 0 aromatic heterocycles. The largest absolute Gasteiger partial charge is 0.466 e. The van der Waals surface area contributed by atoms with E-state index < -0.39 is 18.0 Å². The summed E-state index contributed by atoms with van der Waals surface area (Å²) in [6.45, 7) is 2.02. The Morgan fingerprint density at radius 1 is 1.44 bits per heavy atom. The fourth-order valence-electron chi connectivity index (χ4n) is 1.97. The Labute approximate surface area is 110 Å². The van der Waals surface area contributed by atoms with Crippen molar-refractivity contribution in [1.29, 1.82) is 0 Å². The molecule has 4 nitrogen and oxygen atoms in total. The van der Waals surface area contributed by atoms with Gasteiger partial charge in [0.05, 0.1) is 13.0 Å². The predicted octanol–water partition coefficient (Wildman–Crippen LogP) is 2.51. The number of cyclic esters (lactones) is 1. The molecule has 0 spiro atoms. The second kappa shape index (κ2) is 5.40. The maximum Gasteiger partial charge on any atom is 0.313 e. The fourth-order valence-corrected chi connectivity index (χ4v) is 2.09. The van der Waals surface area contributed by atoms with Gasteiger partial charge in [0.25, 0.3) is 0 Å². The molecule has 1 heterocycles. The molecule has 0 bridgehead atoms. The van der Waals surface area contributed by atoms with Gasteiger partial charge in [-0.25, -0.2) is 0 Å². The minimum atomic E-state index is -0.575. The highest BCUT2D eigenvalue weighted by Crippen LogP contribution is 2.36. The van der Waals surface area contributed by atoms with Crippen LogP contribution in [0.3, 0.4) is 0 Å². The van der Waals surface area contributed by atoms with Crippen LogP contribution in [0.25, 0.3) is 0 Å². The quantitative estimate of drug-likeness (QED) is 0.791. The molecule has 1 aliphatic heterocycles. The number of rotatable bonds is 3. The molecule has 0 N–H and O–H groups in total. The molecule has 2 atom stereocenters. The minimum absolute atomic E-state index is 0.0616. The molecule has 0 amide bonds. The predicted molar refractivity (Wildman–Crippen MR) is 65.0 cm³/mol. The first kappa shape index (κ1) is 12.9. The van der Waals surface area contributed by atoms with E-state index in [-0.39, 0.29) is 19.0 Å². The first-order valence-corrected chi connectivity index (χ1v) is 6.11. The van der Waals surface area contributed by atoms with Crippen LogP contribution in [0.15, 0.2) is 24.3 Å². The molecule has 5 heteroatoms. The van der Waals surface area contributed by atoms with Crippen LogP contribution in [0.1, 0.15) is 25.0 Å². The average molecular weight is 269 g/mol. The van der Waals surface area contributed by atoms with E-state index in [9.17, 15) is 9.59 Å². The zero-order valence-electron chi connectivity index (χ0n) is 9.89. The van der Waals surface area contributed by atoms with Gasteiger partial charge in [0, 0.05) is 5.02 Å². The Kier molecular flexibility index (Phi) is 3.87. The minimum Gasteiger partial charge on any atom is -0.466 e. The lowest BCUT2D eigenvalue weighted by Crippen LogP contribution is -2.20. The monoisotopic (exact) mass is 268 g/mol. The van der Waals surface area contributed by atoms with Crippen molar-refractivity contribution in [2.24, 2.45) is 5.92 Å². The highest BCUT2D eigenvalue weighted by Gasteiger charge is 2.41. The number of esters is 2. The van der Waals surface area contributed by atoms with Crippen molar-refractivity contribution in [2.75, 3.05) is 6.61 Å². The maximum atomic E-state index is 11.8. The lowest BCUT2D eigenvalue weighted by atomic mass is 9.95. The Morgan fingerprint density at radius 3 is 2.72 bits per heavy atom. The summed E-state index contributed by atoms with van der Waals surface area (Å²) < 4.78 is 10.1. The molecule has 1 aliphatic rings. The van der Waals surface area contributed by atoms with Crippen molar-refractivity contribution >= 4 is 23.5 Å². The Hall–Kier alpha value is -1.55. The number of hydrogen-bond acceptors (Lipinski definition) is 4. The average Bonchev–Trinajstić information content (AvgIpc) is 2.73. The van der Waals surface area contributed by atoms with Crippen LogP contribution in [0.5, 0.6) is 0 Å². The van der Waals surface area contributed by atoms with E-state index in [1.54, 1.807) is 31.2 Å². The van der Waals surface area contributed by atoms with E-state index in [4.69, 9.17) is 21.1 Å². The molecule has 2 rings (SSSR count). The fraction of sp³-hybridized carbons (Fsp3) is 0.385. The molecule has 1 saturated heterocycles. The molecule has 1 fully saturated rings. The van der Waals surface area contributed by atoms with Gasteiger partial charge in [0.15, 0.2) is 0 Å². The summed E-state index contributed by atoms with van der Waals surface area (Å²) in [5.74, 6) is -1.35. The van der Waals surface area contributed by atoms with E-state index >= 15 is 0 Å². The van der Waals surface area contributed by atoms with Crippen molar-refractivity contribution in [3.8, 4) is 0 Å². The molecule has 1 aromatic rings. The molecule has 0 saturated carbocycles. The Balaban J connectivity index is 2.21. The smallest absolute Gasteiger partial charge is 0.313 e. The first-order valence-electron chi connectivity index (χ1n) is 5.73. The molecule has 0 aliphatic carbocycles. The number of ether oxygens (including phenoxy) is 2. The van der Waals surface area contributed by atoms with E-state index in [0.717, 1.165) is 5.56 Å². The molecular formula is C13H13ClO4. The highest BCUT2D eigenvalue weighted by atomic mass is 35.5. The van der Waals surface area contributed by atoms with Crippen LogP contribution >= 0.6 is 11.6 Å². The van der Waals surface area contributed by atoms with Crippen LogP contribution in [-0.2, 0) is 19.1 Å². The van der Waals surface area contributed by atoms with Crippen LogP contribution in [-0.4, -0.2) is 18.5 Å². The zero-order valence-corrected chi connectivity index (χ0v) is 10.6. The van der Waals surface area contributed by atoms with Crippen molar-refractivity contribution < 1.29 is 19.1 Å². The number of carbonyl (C=O) groups excluding carboxylic acids is 2. The summed E-state index contributed by atoms with van der Waals surface area (Å²) in [6.07, 6.45) is -0.514. The van der Waals surface area contributed by atoms with Gasteiger partial charge >= 0.3 is 11.9 Å². The summed E-state index contributed by atoms with van der Waals surface area (Å²) in [4.78, 5) is 23.1. The molecule has 0 unspecified atom stereocenters. The summed E-state index contributed by atoms with van der Waals surface area (Å²) in [6, 6.07) is 6.90. The highest BCUT2D eigenvalue weighted by molar-refractivity contribution is 6.30. The molecule has 0 radical (unpaired) electrons. The lowest BCUT2D eigenvalue weighted by molar-refractivity contribution is -0.150. The summed E-state index contributed by atoms with van der Waals surface area (Å²) in [5.41, 5.74) is 0.753. The first-order chi connectivity index (χ1) is 8.61. The number of hydrogen-bond donors (Lipinski definition) is 0. The van der Waals surface area contributed by atoms with Gasteiger partial charge < -0.3 is 9.47 Å². The number of carbonyl (C=O) groups is 2. The van der Waals surface area contributed by atoms with Crippen LogP contribution in [0, 0.1) is 5.92 Å². The van der Waals surface area contributed by atoms with Crippen molar-refractivity contribution in [1.82, 2.24) is 0 Å². The van der Waals surface area contributed by atoms with E-state index in [2.05, 4.69) is 0 Å². The van der Waals surface area contributed by atoms with Gasteiger partial charge in [-0.3, -0.25) is 9.59 Å². The zero-order chi connectivity index (χ0) is 13.1. The van der Waals surface area contributed by atoms with Gasteiger partial charge in [-0.2, -0.15) is 0 Å². The van der Waals surface area contributed by atoms with Crippen molar-refractivity contribution in [3.05, 3.63) is 34.9 Å². The van der Waals surface area contributed by atoms with Gasteiger partial charge in [-0.05, 0) is 24.6 Å². The van der Waals surface area contributed by atoms with E-state index in [1.165, 1.54) is 0 Å². The summed E-state index contributed by atoms with van der Waals surface area (Å²) >= 11 is 5.80. The number of benzene rings is 1. The second-order valence-electron chi connectivity index (χ2n) is 4.02. The Morgan fingerprint density at radius 2 is 2.11 bits per heavy atom. The number of halogens is 1. The van der Waals surface area contributed by atoms with Crippen LogP contribution in [0.2, 0.25) is 5.02 Å². The van der Waals surface area contributed by atoms with Crippen molar-refractivity contribution in [2.45, 2.75) is 19.4 Å². The summed E-state index contributed by atoms with van der Waals surface area (Å²) in [7, 11) is 0. The normalized spacial score (nSPS) is 22.7. The van der Waals surface area contributed by atoms with Gasteiger partial charge in [-0.1, -0.05) is 23.7 Å². The van der Waals surface area contributed by atoms with Crippen LogP contribution in [0.4, 0.5) is 0 Å².